The van der Waals surface area contributed by atoms with Crippen LogP contribution in [0.3, 0.4) is 0 Å². The summed E-state index contributed by atoms with van der Waals surface area (Å²) < 4.78 is 41.8. The van der Waals surface area contributed by atoms with Gasteiger partial charge in [-0.25, -0.2) is 4.98 Å². The van der Waals surface area contributed by atoms with E-state index in [0.717, 1.165) is 24.8 Å². The molecule has 4 rings (SSSR count). The van der Waals surface area contributed by atoms with Crippen molar-refractivity contribution in [3.63, 3.8) is 0 Å². The average molecular weight is 464 g/mol. The van der Waals surface area contributed by atoms with Crippen LogP contribution in [0.5, 0.6) is 5.88 Å². The van der Waals surface area contributed by atoms with E-state index in [1.807, 2.05) is 0 Å². The van der Waals surface area contributed by atoms with Gasteiger partial charge < -0.3 is 15.0 Å². The Kier molecular flexibility index (Phi) is 6.76. The minimum atomic E-state index is -4.43. The Morgan fingerprint density at radius 1 is 1.33 bits per heavy atom. The molecule has 0 saturated heterocycles. The third-order valence-corrected chi connectivity index (χ3v) is 6.38. The molecule has 3 heterocycles. The van der Waals surface area contributed by atoms with Crippen molar-refractivity contribution in [3.8, 4) is 5.88 Å². The summed E-state index contributed by atoms with van der Waals surface area (Å²) in [5.41, 5.74) is 2.28. The van der Waals surface area contributed by atoms with Crippen molar-refractivity contribution in [2.75, 3.05) is 19.7 Å². The fourth-order valence-corrected chi connectivity index (χ4v) is 4.37. The summed E-state index contributed by atoms with van der Waals surface area (Å²) in [6.45, 7) is 1.60. The molecule has 6 nitrogen and oxygen atoms in total. The summed E-state index contributed by atoms with van der Waals surface area (Å²) in [6, 6.07) is 4.68. The molecule has 3 aliphatic rings. The molecule has 1 aromatic heterocycles. The predicted molar refractivity (Wildman–Crippen MR) is 115 cm³/mol. The first-order chi connectivity index (χ1) is 15.7. The lowest BCUT2D eigenvalue weighted by Crippen LogP contribution is -2.37. The van der Waals surface area contributed by atoms with Crippen LogP contribution in [0.4, 0.5) is 13.2 Å². The van der Waals surface area contributed by atoms with Crippen LogP contribution >= 0.6 is 0 Å². The van der Waals surface area contributed by atoms with E-state index in [4.69, 9.17) is 4.74 Å². The number of aromatic nitrogens is 1. The van der Waals surface area contributed by atoms with Gasteiger partial charge in [-0.3, -0.25) is 9.59 Å². The fourth-order valence-electron chi connectivity index (χ4n) is 4.37. The molecule has 1 fully saturated rings. The van der Waals surface area contributed by atoms with Gasteiger partial charge >= 0.3 is 6.18 Å². The molecule has 33 heavy (non-hydrogen) atoms. The molecule has 0 aromatic carbocycles. The normalized spacial score (nSPS) is 21.2. The van der Waals surface area contributed by atoms with Crippen LogP contribution in [0.1, 0.15) is 38.3 Å². The van der Waals surface area contributed by atoms with Crippen LogP contribution in [0, 0.1) is 11.8 Å². The molecule has 0 bridgehead atoms. The Bertz CT molecular complexity index is 969. The number of carbonyl (C=O) groups excluding carboxylic acids is 2. The molecule has 2 unspecified atom stereocenters. The lowest BCUT2D eigenvalue weighted by atomic mass is 9.87. The predicted octanol–water partition coefficient (Wildman–Crippen LogP) is 3.58. The number of ketones is 1. The smallest absolute Gasteiger partial charge is 0.422 e. The van der Waals surface area contributed by atoms with Crippen LogP contribution in [0.15, 0.2) is 41.6 Å². The number of hydrogen-bond acceptors (Lipinski definition) is 5. The summed E-state index contributed by atoms with van der Waals surface area (Å²) in [7, 11) is 0. The molecule has 2 aliphatic heterocycles. The molecular weight excluding hydrogens is 435 g/mol. The van der Waals surface area contributed by atoms with E-state index in [0.29, 0.717) is 43.0 Å². The number of rotatable bonds is 10. The third kappa shape index (κ3) is 5.94. The number of carbonyl (C=O) groups is 2. The van der Waals surface area contributed by atoms with Crippen LogP contribution in [-0.2, 0) is 16.0 Å². The highest BCUT2D eigenvalue weighted by molar-refractivity contribution is 6.00. The number of pyridine rings is 1. The van der Waals surface area contributed by atoms with Gasteiger partial charge in [-0.05, 0) is 49.1 Å². The van der Waals surface area contributed by atoms with Gasteiger partial charge in [0.2, 0.25) is 5.88 Å². The first kappa shape index (κ1) is 23.3. The Morgan fingerprint density at radius 2 is 2.12 bits per heavy atom. The van der Waals surface area contributed by atoms with E-state index >= 15 is 0 Å². The van der Waals surface area contributed by atoms with Crippen LogP contribution in [-0.4, -0.2) is 53.5 Å². The minimum Gasteiger partial charge on any atom is -0.468 e. The highest BCUT2D eigenvalue weighted by Crippen LogP contribution is 2.34. The summed E-state index contributed by atoms with van der Waals surface area (Å²) in [6.07, 6.45) is 2.96. The van der Waals surface area contributed by atoms with Crippen molar-refractivity contribution >= 4 is 11.7 Å². The second kappa shape index (κ2) is 9.57. The summed E-state index contributed by atoms with van der Waals surface area (Å²) in [5.74, 6) is 0.677. The Hall–Kier alpha value is -2.84. The fraction of sp³-hybridized carbons (Fsp3) is 0.542. The zero-order chi connectivity index (χ0) is 23.6. The molecule has 0 radical (unpaired) electrons. The molecular formula is C24H28F3N3O3. The number of Topliss-reactive ketones (excluding diaryl/α,β-unsaturated/α-hetero) is 1. The molecule has 1 aromatic rings. The van der Waals surface area contributed by atoms with Crippen LogP contribution in [0.25, 0.3) is 0 Å². The molecule has 1 aliphatic carbocycles. The zero-order valence-corrected chi connectivity index (χ0v) is 18.5. The van der Waals surface area contributed by atoms with E-state index in [-0.39, 0.29) is 29.7 Å². The molecule has 1 amide bonds. The maximum Gasteiger partial charge on any atom is 0.422 e. The molecule has 1 N–H and O–H groups in total. The number of nitrogens with zero attached hydrogens (tertiary/aromatic N) is 2. The maximum absolute atomic E-state index is 12.9. The Labute approximate surface area is 190 Å². The lowest BCUT2D eigenvalue weighted by molar-refractivity contribution is -0.154. The number of amides is 1. The largest absolute Gasteiger partial charge is 0.468 e. The minimum absolute atomic E-state index is 0.00294. The van der Waals surface area contributed by atoms with Crippen molar-refractivity contribution in [3.05, 3.63) is 47.3 Å². The van der Waals surface area contributed by atoms with Gasteiger partial charge in [-0.15, -0.1) is 0 Å². The van der Waals surface area contributed by atoms with Gasteiger partial charge in [0.15, 0.2) is 6.61 Å². The highest BCUT2D eigenvalue weighted by Gasteiger charge is 2.37. The lowest BCUT2D eigenvalue weighted by Gasteiger charge is -2.28. The van der Waals surface area contributed by atoms with Gasteiger partial charge in [0.25, 0.3) is 5.91 Å². The number of alkyl halides is 3. The topological polar surface area (TPSA) is 71.5 Å². The molecule has 0 spiro atoms. The molecule has 178 valence electrons. The first-order valence-electron chi connectivity index (χ1n) is 11.3. The van der Waals surface area contributed by atoms with Crippen LogP contribution < -0.4 is 10.1 Å². The van der Waals surface area contributed by atoms with Gasteiger partial charge in [0.1, 0.15) is 5.78 Å². The highest BCUT2D eigenvalue weighted by atomic mass is 19.4. The average Bonchev–Trinajstić information content (AvgIpc) is 3.59. The van der Waals surface area contributed by atoms with Crippen LogP contribution in [0.2, 0.25) is 0 Å². The quantitative estimate of drug-likeness (QED) is 0.574. The number of halogens is 3. The molecule has 2 atom stereocenters. The standard InChI is InChI=1S/C24H28F3N3O3/c1-15(5-8-20(31)16-6-7-16)22-19-13-30(23(32)18(19)9-11-28-22)12-10-17-3-2-4-21(29-17)33-14-24(25,26)27/h2-4,9,11,15-16,22,28H,5-8,10,12-14H2,1H3. The van der Waals surface area contributed by atoms with Crippen molar-refractivity contribution in [1.82, 2.24) is 15.2 Å². The summed E-state index contributed by atoms with van der Waals surface area (Å²) in [5, 5.41) is 3.36. The monoisotopic (exact) mass is 463 g/mol. The van der Waals surface area contributed by atoms with Crippen molar-refractivity contribution in [2.45, 2.75) is 51.2 Å². The number of hydrogen-bond donors (Lipinski definition) is 1. The zero-order valence-electron chi connectivity index (χ0n) is 18.5. The maximum atomic E-state index is 12.9. The first-order valence-corrected chi connectivity index (χ1v) is 11.3. The molecule has 9 heteroatoms. The van der Waals surface area contributed by atoms with E-state index in [1.165, 1.54) is 6.07 Å². The second-order valence-electron chi connectivity index (χ2n) is 9.02. The van der Waals surface area contributed by atoms with Crippen molar-refractivity contribution in [1.29, 1.82) is 0 Å². The van der Waals surface area contributed by atoms with Crippen molar-refractivity contribution in [2.24, 2.45) is 11.8 Å². The molecule has 1 saturated carbocycles. The van der Waals surface area contributed by atoms with Gasteiger partial charge in [-0.1, -0.05) is 13.0 Å². The SMILES string of the molecule is CC(CCC(=O)C1CC1)C1NC=CC2=C1CN(CCc1cccc(OCC(F)(F)F)n1)C2=O. The van der Waals surface area contributed by atoms with E-state index in [9.17, 15) is 22.8 Å². The van der Waals surface area contributed by atoms with Gasteiger partial charge in [0, 0.05) is 49.2 Å². The second-order valence-corrected chi connectivity index (χ2v) is 9.02. The third-order valence-electron chi connectivity index (χ3n) is 6.38. The Balaban J connectivity index is 1.32. The van der Waals surface area contributed by atoms with E-state index in [1.54, 1.807) is 29.3 Å². The summed E-state index contributed by atoms with van der Waals surface area (Å²) >= 11 is 0. The van der Waals surface area contributed by atoms with Gasteiger partial charge in [0.05, 0.1) is 6.04 Å². The van der Waals surface area contributed by atoms with E-state index < -0.39 is 12.8 Å². The van der Waals surface area contributed by atoms with E-state index in [2.05, 4.69) is 17.2 Å². The number of nitrogens with one attached hydrogen (secondary N) is 1. The van der Waals surface area contributed by atoms with Gasteiger partial charge in [-0.2, -0.15) is 13.2 Å². The van der Waals surface area contributed by atoms with Crippen molar-refractivity contribution < 1.29 is 27.5 Å². The number of dihydropyridines is 1. The Morgan fingerprint density at radius 3 is 2.85 bits per heavy atom. The number of ether oxygens (including phenoxy) is 1. The summed E-state index contributed by atoms with van der Waals surface area (Å²) in [4.78, 5) is 30.9.